The summed E-state index contributed by atoms with van der Waals surface area (Å²) in [4.78, 5) is 28.2. The number of rotatable bonds is 8. The van der Waals surface area contributed by atoms with E-state index in [1.54, 1.807) is 24.3 Å². The molecule has 160 valence electrons. The minimum atomic E-state index is -0.684. The molecule has 1 N–H and O–H groups in total. The van der Waals surface area contributed by atoms with Crippen LogP contribution < -0.4 is 4.74 Å². The van der Waals surface area contributed by atoms with Crippen molar-refractivity contribution in [1.29, 1.82) is 0 Å². The summed E-state index contributed by atoms with van der Waals surface area (Å²) >= 11 is 1.47. The Bertz CT molecular complexity index is 962. The van der Waals surface area contributed by atoms with Crippen molar-refractivity contribution >= 4 is 28.8 Å². The molecule has 0 aliphatic carbocycles. The second-order valence-electron chi connectivity index (χ2n) is 7.34. The number of nitrogens with zero attached hydrogens (tertiary/aromatic N) is 1. The lowest BCUT2D eigenvalue weighted by Crippen LogP contribution is -2.33. The average Bonchev–Trinajstić information content (AvgIpc) is 3.23. The van der Waals surface area contributed by atoms with E-state index >= 15 is 0 Å². The van der Waals surface area contributed by atoms with Gasteiger partial charge >= 0.3 is 0 Å². The molecule has 1 fully saturated rings. The predicted octanol–water partition coefficient (Wildman–Crippen LogP) is 4.30. The average molecular weight is 430 g/mol. The van der Waals surface area contributed by atoms with Crippen LogP contribution in [-0.2, 0) is 14.3 Å². The number of hydrogen-bond donors (Lipinski definition) is 1. The number of benzene rings is 1. The fourth-order valence-electron chi connectivity index (χ4n) is 3.49. The van der Waals surface area contributed by atoms with Gasteiger partial charge in [0, 0.05) is 17.0 Å². The Morgan fingerprint density at radius 1 is 1.27 bits per heavy atom. The highest BCUT2D eigenvalue weighted by molar-refractivity contribution is 7.10. The lowest BCUT2D eigenvalue weighted by Gasteiger charge is -2.25. The molecular formula is C23H27NO5S. The van der Waals surface area contributed by atoms with Crippen LogP contribution in [0.3, 0.4) is 0 Å². The Kier molecular flexibility index (Phi) is 6.95. The van der Waals surface area contributed by atoms with Gasteiger partial charge in [0.1, 0.15) is 11.5 Å². The zero-order valence-corrected chi connectivity index (χ0v) is 18.5. The Morgan fingerprint density at radius 2 is 2.03 bits per heavy atom. The molecule has 1 aliphatic heterocycles. The molecule has 0 bridgehead atoms. The molecule has 0 saturated carbocycles. The molecule has 1 unspecified atom stereocenters. The number of amides is 1. The lowest BCUT2D eigenvalue weighted by molar-refractivity contribution is -0.140. The number of ketones is 1. The van der Waals surface area contributed by atoms with E-state index in [9.17, 15) is 14.7 Å². The van der Waals surface area contributed by atoms with Crippen molar-refractivity contribution in [2.75, 3.05) is 19.8 Å². The van der Waals surface area contributed by atoms with Crippen molar-refractivity contribution in [1.82, 2.24) is 4.90 Å². The third kappa shape index (κ3) is 4.42. The molecule has 7 heteroatoms. The molecule has 1 aromatic heterocycles. The zero-order chi connectivity index (χ0) is 21.8. The molecular weight excluding hydrogens is 402 g/mol. The maximum Gasteiger partial charge on any atom is 0.295 e. The molecule has 1 saturated heterocycles. The van der Waals surface area contributed by atoms with Crippen LogP contribution in [0.25, 0.3) is 5.76 Å². The summed E-state index contributed by atoms with van der Waals surface area (Å²) in [5.74, 6) is -0.913. The van der Waals surface area contributed by atoms with E-state index in [4.69, 9.17) is 9.47 Å². The quantitative estimate of drug-likeness (QED) is 0.385. The number of aliphatic hydroxyl groups is 1. The normalized spacial score (nSPS) is 18.4. The highest BCUT2D eigenvalue weighted by atomic mass is 32.1. The SMILES string of the molecule is CCOc1cccc(/C(O)=C2/C(=O)C(=O)N(CCOC(C)C)C2c2sccc2C)c1. The predicted molar refractivity (Wildman–Crippen MR) is 117 cm³/mol. The molecule has 1 aliphatic rings. The Hall–Kier alpha value is -2.64. The Labute approximate surface area is 180 Å². The van der Waals surface area contributed by atoms with Gasteiger partial charge in [0.15, 0.2) is 0 Å². The maximum atomic E-state index is 13.0. The first-order valence-corrected chi connectivity index (χ1v) is 10.9. The van der Waals surface area contributed by atoms with Crippen LogP contribution in [0.15, 0.2) is 41.3 Å². The molecule has 2 heterocycles. The van der Waals surface area contributed by atoms with Crippen LogP contribution in [-0.4, -0.2) is 47.6 Å². The minimum absolute atomic E-state index is 0.0186. The van der Waals surface area contributed by atoms with Crippen molar-refractivity contribution in [3.63, 3.8) is 0 Å². The molecule has 3 rings (SSSR count). The van der Waals surface area contributed by atoms with Crippen LogP contribution in [0.5, 0.6) is 5.75 Å². The van der Waals surface area contributed by atoms with Crippen molar-refractivity contribution in [3.05, 3.63) is 57.3 Å². The number of ether oxygens (including phenoxy) is 2. The van der Waals surface area contributed by atoms with E-state index in [2.05, 4.69) is 0 Å². The van der Waals surface area contributed by atoms with E-state index in [0.717, 1.165) is 10.4 Å². The number of hydrogen-bond acceptors (Lipinski definition) is 6. The van der Waals surface area contributed by atoms with Gasteiger partial charge in [-0.2, -0.15) is 0 Å². The number of thiophene rings is 1. The topological polar surface area (TPSA) is 76.1 Å². The molecule has 1 amide bonds. The van der Waals surface area contributed by atoms with Gasteiger partial charge in [-0.05, 0) is 56.8 Å². The lowest BCUT2D eigenvalue weighted by atomic mass is 9.98. The zero-order valence-electron chi connectivity index (χ0n) is 17.7. The molecule has 1 atom stereocenters. The number of carbonyl (C=O) groups excluding carboxylic acids is 2. The summed E-state index contributed by atoms with van der Waals surface area (Å²) in [5, 5.41) is 13.0. The van der Waals surface area contributed by atoms with Crippen molar-refractivity contribution < 1.29 is 24.2 Å². The van der Waals surface area contributed by atoms with Crippen molar-refractivity contribution in [3.8, 4) is 5.75 Å². The number of aryl methyl sites for hydroxylation is 1. The first kappa shape index (κ1) is 22.1. The summed E-state index contributed by atoms with van der Waals surface area (Å²) in [6, 6.07) is 8.20. The second-order valence-corrected chi connectivity index (χ2v) is 8.29. The first-order valence-electron chi connectivity index (χ1n) is 10.0. The third-order valence-corrected chi connectivity index (χ3v) is 5.96. The number of Topliss-reactive ketones (excluding diaryl/α,β-unsaturated/α-hetero) is 1. The van der Waals surface area contributed by atoms with Gasteiger partial charge in [-0.25, -0.2) is 0 Å². The number of carbonyl (C=O) groups is 2. The third-order valence-electron chi connectivity index (χ3n) is 4.89. The molecule has 30 heavy (non-hydrogen) atoms. The summed E-state index contributed by atoms with van der Waals surface area (Å²) in [5.41, 5.74) is 1.51. The fourth-order valence-corrected chi connectivity index (χ4v) is 4.54. The largest absolute Gasteiger partial charge is 0.507 e. The van der Waals surface area contributed by atoms with E-state index < -0.39 is 17.7 Å². The summed E-state index contributed by atoms with van der Waals surface area (Å²) in [6.45, 7) is 8.70. The highest BCUT2D eigenvalue weighted by Gasteiger charge is 2.46. The summed E-state index contributed by atoms with van der Waals surface area (Å²) < 4.78 is 11.1. The number of likely N-dealkylation sites (tertiary alicyclic amines) is 1. The Morgan fingerprint density at radius 3 is 2.67 bits per heavy atom. The van der Waals surface area contributed by atoms with Gasteiger partial charge in [0.05, 0.1) is 30.9 Å². The van der Waals surface area contributed by atoms with E-state index in [0.29, 0.717) is 24.5 Å². The van der Waals surface area contributed by atoms with Gasteiger partial charge < -0.3 is 19.5 Å². The smallest absolute Gasteiger partial charge is 0.295 e. The standard InChI is InChI=1S/C23H27NO5S/c1-5-28-17-8-6-7-16(13-17)20(25)18-19(22-15(4)9-12-30-22)24(23(27)21(18)26)10-11-29-14(2)3/h6-9,12-14,19,25H,5,10-11H2,1-4H3/b20-18-. The minimum Gasteiger partial charge on any atom is -0.507 e. The molecule has 1 aromatic carbocycles. The van der Waals surface area contributed by atoms with Gasteiger partial charge in [-0.15, -0.1) is 11.3 Å². The van der Waals surface area contributed by atoms with Crippen LogP contribution in [0.4, 0.5) is 0 Å². The van der Waals surface area contributed by atoms with Gasteiger partial charge in [0.2, 0.25) is 0 Å². The summed E-state index contributed by atoms with van der Waals surface area (Å²) in [7, 11) is 0. The molecule has 0 spiro atoms. The summed E-state index contributed by atoms with van der Waals surface area (Å²) in [6.07, 6.45) is 0.0186. The molecule has 0 radical (unpaired) electrons. The highest BCUT2D eigenvalue weighted by Crippen LogP contribution is 2.42. The van der Waals surface area contributed by atoms with E-state index in [-0.39, 0.29) is 24.0 Å². The first-order chi connectivity index (χ1) is 14.3. The molecule has 2 aromatic rings. The molecule has 6 nitrogen and oxygen atoms in total. The second kappa shape index (κ2) is 9.45. The van der Waals surface area contributed by atoms with Crippen LogP contribution in [0.2, 0.25) is 0 Å². The van der Waals surface area contributed by atoms with E-state index in [1.807, 2.05) is 39.1 Å². The van der Waals surface area contributed by atoms with Gasteiger partial charge in [-0.1, -0.05) is 12.1 Å². The van der Waals surface area contributed by atoms with Gasteiger partial charge in [-0.3, -0.25) is 9.59 Å². The van der Waals surface area contributed by atoms with Gasteiger partial charge in [0.25, 0.3) is 11.7 Å². The fraction of sp³-hybridized carbons (Fsp3) is 0.391. The van der Waals surface area contributed by atoms with Crippen LogP contribution >= 0.6 is 11.3 Å². The van der Waals surface area contributed by atoms with Crippen molar-refractivity contribution in [2.45, 2.75) is 39.8 Å². The maximum absolute atomic E-state index is 13.0. The van der Waals surface area contributed by atoms with Crippen LogP contribution in [0, 0.1) is 6.92 Å². The Balaban J connectivity index is 2.07. The monoisotopic (exact) mass is 429 g/mol. The van der Waals surface area contributed by atoms with Crippen LogP contribution in [0.1, 0.15) is 42.8 Å². The number of aliphatic hydroxyl groups excluding tert-OH is 1. The van der Waals surface area contributed by atoms with E-state index in [1.165, 1.54) is 16.2 Å². The van der Waals surface area contributed by atoms with Crippen molar-refractivity contribution in [2.24, 2.45) is 0 Å².